The maximum atomic E-state index is 13.1. The van der Waals surface area contributed by atoms with Crippen molar-refractivity contribution in [2.24, 2.45) is 10.9 Å². The van der Waals surface area contributed by atoms with Gasteiger partial charge in [-0.05, 0) is 35.9 Å². The Morgan fingerprint density at radius 2 is 1.86 bits per heavy atom. The summed E-state index contributed by atoms with van der Waals surface area (Å²) in [6.07, 6.45) is 0. The molecule has 0 fully saturated rings. The van der Waals surface area contributed by atoms with Crippen LogP contribution in [0.25, 0.3) is 0 Å². The Bertz CT molecular complexity index is 672. The van der Waals surface area contributed by atoms with Crippen LogP contribution in [0.2, 0.25) is 5.02 Å². The molecule has 4 nitrogen and oxygen atoms in total. The number of rotatable bonds is 4. The third kappa shape index (κ3) is 3.82. The molecule has 2 rings (SSSR count). The Morgan fingerprint density at radius 1 is 1.19 bits per heavy atom. The lowest BCUT2D eigenvalue weighted by molar-refractivity contribution is 0.302. The number of nitrogens with zero attached hydrogens (tertiary/aromatic N) is 1. The van der Waals surface area contributed by atoms with Gasteiger partial charge in [0.05, 0.1) is 5.56 Å². The molecule has 2 aromatic rings. The van der Waals surface area contributed by atoms with E-state index in [1.165, 1.54) is 12.1 Å². The van der Waals surface area contributed by atoms with E-state index in [0.29, 0.717) is 16.1 Å². The minimum Gasteiger partial charge on any atom is -0.488 e. The predicted molar refractivity (Wildman–Crippen MR) is 74.7 cm³/mol. The molecule has 0 atom stereocenters. The molecule has 0 aliphatic heterocycles. The topological polar surface area (TPSA) is 67.8 Å². The third-order valence-corrected chi connectivity index (χ3v) is 2.88. The maximum Gasteiger partial charge on any atom is 0.173 e. The predicted octanol–water partition coefficient (Wildman–Crippen LogP) is 3.29. The summed E-state index contributed by atoms with van der Waals surface area (Å²) in [5, 5.41) is 12.0. The van der Waals surface area contributed by atoms with Crippen molar-refractivity contribution in [2.45, 2.75) is 6.61 Å². The molecule has 0 spiro atoms. The molecular formula is C14H11ClF2N2O2. The van der Waals surface area contributed by atoms with Crippen molar-refractivity contribution in [3.63, 3.8) is 0 Å². The van der Waals surface area contributed by atoms with Gasteiger partial charge in [0, 0.05) is 11.1 Å². The second-order valence-corrected chi connectivity index (χ2v) is 4.63. The van der Waals surface area contributed by atoms with Gasteiger partial charge in [-0.3, -0.25) is 0 Å². The number of ether oxygens (including phenoxy) is 1. The Kier molecular flexibility index (Phi) is 4.59. The summed E-state index contributed by atoms with van der Waals surface area (Å²) in [6.45, 7) is -0.0965. The highest BCUT2D eigenvalue weighted by Crippen LogP contribution is 2.24. The summed E-state index contributed by atoms with van der Waals surface area (Å²) in [5.74, 6) is -1.32. The van der Waals surface area contributed by atoms with Crippen LogP contribution in [0.3, 0.4) is 0 Å². The number of oxime groups is 1. The molecular weight excluding hydrogens is 302 g/mol. The third-order valence-electron chi connectivity index (χ3n) is 2.64. The van der Waals surface area contributed by atoms with Crippen molar-refractivity contribution in [2.75, 3.05) is 0 Å². The smallest absolute Gasteiger partial charge is 0.173 e. The lowest BCUT2D eigenvalue weighted by Gasteiger charge is -2.11. The monoisotopic (exact) mass is 312 g/mol. The van der Waals surface area contributed by atoms with E-state index in [1.54, 1.807) is 6.07 Å². The van der Waals surface area contributed by atoms with Crippen LogP contribution in [0.5, 0.6) is 5.75 Å². The summed E-state index contributed by atoms with van der Waals surface area (Å²) >= 11 is 5.85. The zero-order valence-electron chi connectivity index (χ0n) is 10.7. The van der Waals surface area contributed by atoms with Crippen LogP contribution < -0.4 is 10.5 Å². The molecule has 3 N–H and O–H groups in total. The average molecular weight is 313 g/mol. The van der Waals surface area contributed by atoms with Gasteiger partial charge in [0.1, 0.15) is 24.0 Å². The van der Waals surface area contributed by atoms with Crippen LogP contribution >= 0.6 is 11.6 Å². The Hall–Kier alpha value is -2.34. The largest absolute Gasteiger partial charge is 0.488 e. The van der Waals surface area contributed by atoms with Gasteiger partial charge in [-0.15, -0.1) is 0 Å². The van der Waals surface area contributed by atoms with Gasteiger partial charge in [0.25, 0.3) is 0 Å². The van der Waals surface area contributed by atoms with E-state index in [-0.39, 0.29) is 18.2 Å². The van der Waals surface area contributed by atoms with Crippen LogP contribution in [-0.4, -0.2) is 11.0 Å². The van der Waals surface area contributed by atoms with E-state index in [4.69, 9.17) is 27.3 Å². The summed E-state index contributed by atoms with van der Waals surface area (Å²) < 4.78 is 31.6. The molecule has 0 unspecified atom stereocenters. The molecule has 0 heterocycles. The van der Waals surface area contributed by atoms with Crippen molar-refractivity contribution < 1.29 is 18.7 Å². The van der Waals surface area contributed by atoms with Crippen molar-refractivity contribution in [1.29, 1.82) is 0 Å². The van der Waals surface area contributed by atoms with Crippen LogP contribution in [0.4, 0.5) is 8.78 Å². The minimum absolute atomic E-state index is 0.0965. The Labute approximate surface area is 124 Å². The molecule has 0 bridgehead atoms. The average Bonchev–Trinajstić information content (AvgIpc) is 2.43. The number of hydrogen-bond acceptors (Lipinski definition) is 3. The van der Waals surface area contributed by atoms with E-state index >= 15 is 0 Å². The van der Waals surface area contributed by atoms with E-state index < -0.39 is 11.6 Å². The summed E-state index contributed by atoms with van der Waals surface area (Å²) in [5.41, 5.74) is 6.14. The molecule has 7 heteroatoms. The molecule has 0 radical (unpaired) electrons. The van der Waals surface area contributed by atoms with E-state index in [0.717, 1.165) is 18.2 Å². The lowest BCUT2D eigenvalue weighted by atomic mass is 10.2. The molecule has 0 aromatic heterocycles. The van der Waals surface area contributed by atoms with Gasteiger partial charge in [0.2, 0.25) is 0 Å². The first-order valence-electron chi connectivity index (χ1n) is 5.85. The SMILES string of the molecule is N/C(=N/O)c1ccc(Cl)cc1OCc1cc(F)cc(F)c1. The highest BCUT2D eigenvalue weighted by Gasteiger charge is 2.10. The first-order valence-corrected chi connectivity index (χ1v) is 6.22. The van der Waals surface area contributed by atoms with Crippen LogP contribution in [-0.2, 0) is 6.61 Å². The van der Waals surface area contributed by atoms with Gasteiger partial charge in [-0.1, -0.05) is 16.8 Å². The van der Waals surface area contributed by atoms with E-state index in [1.807, 2.05) is 0 Å². The van der Waals surface area contributed by atoms with Crippen LogP contribution in [0.1, 0.15) is 11.1 Å². The summed E-state index contributed by atoms with van der Waals surface area (Å²) in [6, 6.07) is 7.59. The molecule has 21 heavy (non-hydrogen) atoms. The summed E-state index contributed by atoms with van der Waals surface area (Å²) in [4.78, 5) is 0. The highest BCUT2D eigenvalue weighted by molar-refractivity contribution is 6.30. The van der Waals surface area contributed by atoms with Crippen LogP contribution in [0.15, 0.2) is 41.6 Å². The van der Waals surface area contributed by atoms with Gasteiger partial charge in [-0.2, -0.15) is 0 Å². The van der Waals surface area contributed by atoms with Gasteiger partial charge in [0.15, 0.2) is 5.84 Å². The second-order valence-electron chi connectivity index (χ2n) is 4.19. The Morgan fingerprint density at radius 3 is 2.48 bits per heavy atom. The highest BCUT2D eigenvalue weighted by atomic mass is 35.5. The van der Waals surface area contributed by atoms with Crippen molar-refractivity contribution >= 4 is 17.4 Å². The number of amidine groups is 1. The first kappa shape index (κ1) is 15.1. The fourth-order valence-electron chi connectivity index (χ4n) is 1.74. The normalized spacial score (nSPS) is 11.5. The maximum absolute atomic E-state index is 13.1. The number of benzene rings is 2. The zero-order chi connectivity index (χ0) is 15.4. The molecule has 110 valence electrons. The lowest BCUT2D eigenvalue weighted by Crippen LogP contribution is -2.14. The molecule has 0 amide bonds. The van der Waals surface area contributed by atoms with Crippen molar-refractivity contribution in [3.05, 3.63) is 64.2 Å². The summed E-state index contributed by atoms with van der Waals surface area (Å²) in [7, 11) is 0. The zero-order valence-corrected chi connectivity index (χ0v) is 11.4. The fourth-order valence-corrected chi connectivity index (χ4v) is 1.90. The number of nitrogens with two attached hydrogens (primary N) is 1. The number of halogens is 3. The first-order chi connectivity index (χ1) is 9.99. The van der Waals surface area contributed by atoms with E-state index in [2.05, 4.69) is 5.16 Å². The van der Waals surface area contributed by atoms with Crippen molar-refractivity contribution in [1.82, 2.24) is 0 Å². The second kappa shape index (κ2) is 6.41. The molecule has 0 saturated heterocycles. The minimum atomic E-state index is -0.698. The van der Waals surface area contributed by atoms with E-state index in [9.17, 15) is 8.78 Å². The van der Waals surface area contributed by atoms with Crippen molar-refractivity contribution in [3.8, 4) is 5.75 Å². The van der Waals surface area contributed by atoms with Crippen LogP contribution in [0, 0.1) is 11.6 Å². The standard InChI is InChI=1S/C14H11ClF2N2O2/c15-9-1-2-12(14(18)19-20)13(5-9)21-7-8-3-10(16)6-11(17)4-8/h1-6,20H,7H2,(H2,18,19). The molecule has 2 aromatic carbocycles. The molecule has 0 aliphatic carbocycles. The Balaban J connectivity index is 2.25. The molecule has 0 saturated carbocycles. The van der Waals surface area contributed by atoms with Gasteiger partial charge < -0.3 is 15.7 Å². The quantitative estimate of drug-likeness (QED) is 0.394. The van der Waals surface area contributed by atoms with Gasteiger partial charge >= 0.3 is 0 Å². The fraction of sp³-hybridized carbons (Fsp3) is 0.0714. The molecule has 0 aliphatic rings. The number of hydrogen-bond donors (Lipinski definition) is 2. The van der Waals surface area contributed by atoms with Gasteiger partial charge in [-0.25, -0.2) is 8.78 Å².